The average Bonchev–Trinajstić information content (AvgIpc) is 1.64. The Morgan fingerprint density at radius 3 is 0.865 bits per heavy atom. The number of halogens is 5. The molecule has 4 aliphatic heterocycles. The van der Waals surface area contributed by atoms with E-state index in [1.54, 1.807) is 42.9 Å². The molecule has 0 saturated carbocycles. The molecule has 33 heteroatoms. The van der Waals surface area contributed by atoms with Gasteiger partial charge in [0.15, 0.2) is 22.6 Å². The fourth-order valence-electron chi connectivity index (χ4n) is 15.4. The third-order valence-electron chi connectivity index (χ3n) is 22.9. The van der Waals surface area contributed by atoms with Crippen molar-refractivity contribution in [2.75, 3.05) is 166 Å². The number of fused-ring (bicyclic) bond motifs is 4. The van der Waals surface area contributed by atoms with Crippen molar-refractivity contribution in [3.8, 4) is 0 Å². The van der Waals surface area contributed by atoms with Gasteiger partial charge in [-0.25, -0.2) is 38.7 Å². The zero-order chi connectivity index (χ0) is 86.4. The van der Waals surface area contributed by atoms with Crippen molar-refractivity contribution < 1.29 is 19.2 Å². The predicted molar refractivity (Wildman–Crippen MR) is 518 cm³/mol. The lowest BCUT2D eigenvalue weighted by Crippen LogP contribution is -2.49. The van der Waals surface area contributed by atoms with Crippen molar-refractivity contribution >= 4 is 149 Å². The summed E-state index contributed by atoms with van der Waals surface area (Å²) in [6, 6.07) is 30.4. The first-order valence-electron chi connectivity index (χ1n) is 41.8. The lowest BCUT2D eigenvalue weighted by molar-refractivity contribution is 0.101. The van der Waals surface area contributed by atoms with Crippen molar-refractivity contribution in [2.24, 2.45) is 0 Å². The Morgan fingerprint density at radius 1 is 0.349 bits per heavy atom. The normalized spacial score (nSPS) is 14.9. The highest BCUT2D eigenvalue weighted by molar-refractivity contribution is 6.41. The number of nitrogens with one attached hydrogen (secondary N) is 5. The van der Waals surface area contributed by atoms with Crippen LogP contribution in [0.1, 0.15) is 131 Å². The molecule has 4 saturated heterocycles. The zero-order valence-corrected chi connectivity index (χ0v) is 75.1. The molecule has 0 aliphatic carbocycles. The number of anilines is 4. The van der Waals surface area contributed by atoms with Crippen molar-refractivity contribution in [3.05, 3.63) is 209 Å². The molecule has 676 valence electrons. The van der Waals surface area contributed by atoms with Crippen LogP contribution in [0.15, 0.2) is 122 Å². The topological polar surface area (TPSA) is 274 Å². The highest BCUT2D eigenvalue weighted by atomic mass is 35.5. The van der Waals surface area contributed by atoms with Gasteiger partial charge in [0.25, 0.3) is 23.6 Å². The molecule has 126 heavy (non-hydrogen) atoms. The molecule has 0 unspecified atom stereocenters. The fraction of sp³-hybridized carbons (Fsp3) is 0.441. The molecule has 0 atom stereocenters. The standard InChI is InChI=1S/C24H31ClN6O.C23H29ClN6O.C22H27ClN6O.C20H22Cl2N6O.4CH4/c1-16(2)30-12-9-29(10-13-30)11-14-31-23-21(18(4)28-31)22(25)20(15-26-23)24(32)27-19-7-5-17(3)6-8-19;1-4-28-9-11-29(12-10-28)13-14-30-22-20(17(3)27-30)21(24)19(15-25-22)23(31)26-18-7-5-16(2)6-8-18;1-15-4-6-17(7-5-15)25-22(30)18-14-24-21-19(20(18)23)16(2)26-29(21)13-12-28-10-8-27(3)9-11-28;1-13-17-18(22)16(20(29)25-15-4-2-14(21)3-5-15)12-24-19(17)28(26-13)11-10-27-8-6-23-7-9-27;;;;/h5-8,15-16H,9-14H2,1-4H3,(H,27,32);5-8,15H,4,9-14H2,1-3H3,(H,26,31);4-7,14H,8-13H2,1-3H3,(H,25,30);2-5,12,23H,6-11H2,1H3,(H,25,29);4*1H4. The summed E-state index contributed by atoms with van der Waals surface area (Å²) in [5, 5.41) is 38.6. The smallest absolute Gasteiger partial charge is 0.258 e. The number of hydrogen-bond acceptors (Lipinski definition) is 20. The number of carbonyl (C=O) groups is 4. The number of carbonyl (C=O) groups excluding carboxylic acids is 4. The van der Waals surface area contributed by atoms with Crippen LogP contribution in [0.4, 0.5) is 22.7 Å². The maximum atomic E-state index is 12.8. The molecule has 4 aromatic carbocycles. The number of benzene rings is 4. The summed E-state index contributed by atoms with van der Waals surface area (Å²) in [4.78, 5) is 86.3. The SMILES string of the molecule is C.C.C.C.CCN1CCN(CCn2nc(C)c3c(Cl)c(C(=O)Nc4ccc(C)cc4)cnc32)CC1.Cc1ccc(NC(=O)c2cnc3c(c(C)nn3CCN3CCN(C(C)C)CC3)c2Cl)cc1.Cc1ccc(NC(=O)c2cnc3c(c(C)nn3CCN3CCN(C)CC3)c2Cl)cc1.Cc1nn(CCN2CCNCC2)c2ncc(C(=O)Nc3ccc(Cl)cc3)c(Cl)c12. The van der Waals surface area contributed by atoms with Crippen LogP contribution in [0.2, 0.25) is 25.1 Å². The molecule has 4 fully saturated rings. The van der Waals surface area contributed by atoms with E-state index in [1.807, 2.05) is 140 Å². The highest BCUT2D eigenvalue weighted by Crippen LogP contribution is 2.35. The van der Waals surface area contributed by atoms with E-state index in [1.165, 1.54) is 6.20 Å². The molecule has 4 amide bonds. The van der Waals surface area contributed by atoms with E-state index in [-0.39, 0.29) is 53.3 Å². The molecule has 16 rings (SSSR count). The molecule has 12 aromatic rings. The molecule has 4 aliphatic rings. The maximum Gasteiger partial charge on any atom is 0.258 e. The van der Waals surface area contributed by atoms with E-state index in [0.29, 0.717) is 64.7 Å². The Balaban J connectivity index is 0.000000188. The van der Waals surface area contributed by atoms with Crippen LogP contribution >= 0.6 is 58.0 Å². The number of hydrogen-bond donors (Lipinski definition) is 5. The predicted octanol–water partition coefficient (Wildman–Crippen LogP) is 16.5. The second-order valence-corrected chi connectivity index (χ2v) is 33.8. The molecule has 0 bridgehead atoms. The maximum absolute atomic E-state index is 12.8. The Hall–Kier alpha value is -9.63. The van der Waals surface area contributed by atoms with Crippen molar-refractivity contribution in [3.63, 3.8) is 0 Å². The monoisotopic (exact) mass is 1820 g/mol. The van der Waals surface area contributed by atoms with Crippen LogP contribution in [0.5, 0.6) is 0 Å². The second-order valence-electron chi connectivity index (χ2n) is 31.9. The van der Waals surface area contributed by atoms with E-state index in [0.717, 1.165) is 259 Å². The zero-order valence-electron chi connectivity index (χ0n) is 71.3. The number of likely N-dealkylation sites (N-methyl/N-ethyl adjacent to an activating group) is 2. The highest BCUT2D eigenvalue weighted by Gasteiger charge is 2.28. The molecular weight excluding hydrogens is 1690 g/mol. The summed E-state index contributed by atoms with van der Waals surface area (Å²) < 4.78 is 7.59. The molecule has 0 radical (unpaired) electrons. The van der Waals surface area contributed by atoms with Gasteiger partial charge in [0, 0.05) is 189 Å². The van der Waals surface area contributed by atoms with Gasteiger partial charge < -0.3 is 36.4 Å². The Labute approximate surface area is 767 Å². The number of aromatic nitrogens is 12. The van der Waals surface area contributed by atoms with Gasteiger partial charge in [-0.3, -0.25) is 43.7 Å². The van der Waals surface area contributed by atoms with Crippen LogP contribution in [0.25, 0.3) is 44.1 Å². The lowest BCUT2D eigenvalue weighted by Gasteiger charge is -2.36. The van der Waals surface area contributed by atoms with Crippen molar-refractivity contribution in [1.82, 2.24) is 98.7 Å². The molecule has 8 aromatic heterocycles. The van der Waals surface area contributed by atoms with E-state index in [2.05, 4.69) is 129 Å². The van der Waals surface area contributed by atoms with Crippen LogP contribution in [-0.2, 0) is 26.2 Å². The number of rotatable bonds is 22. The summed E-state index contributed by atoms with van der Waals surface area (Å²) in [5.41, 5.74) is 13.6. The van der Waals surface area contributed by atoms with Gasteiger partial charge >= 0.3 is 0 Å². The summed E-state index contributed by atoms with van der Waals surface area (Å²) in [7, 11) is 2.15. The molecule has 28 nitrogen and oxygen atoms in total. The van der Waals surface area contributed by atoms with E-state index < -0.39 is 0 Å². The lowest BCUT2D eigenvalue weighted by atomic mass is 10.2. The van der Waals surface area contributed by atoms with Crippen molar-refractivity contribution in [2.45, 2.75) is 131 Å². The number of nitrogens with zero attached hydrogens (tertiary/aromatic N) is 19. The van der Waals surface area contributed by atoms with Gasteiger partial charge in [-0.05, 0) is 137 Å². The quantitative estimate of drug-likeness (QED) is 0.0422. The first kappa shape index (κ1) is 100. The minimum absolute atomic E-state index is 0. The molecule has 5 N–H and O–H groups in total. The minimum atomic E-state index is -0.320. The van der Waals surface area contributed by atoms with E-state index >= 15 is 0 Å². The first-order valence-corrected chi connectivity index (χ1v) is 43.7. The third kappa shape index (κ3) is 25.0. The minimum Gasteiger partial charge on any atom is -0.322 e. The Kier molecular flexibility index (Phi) is 36.9. The fourth-order valence-corrected chi connectivity index (χ4v) is 16.9. The Bertz CT molecular complexity index is 5630. The largest absolute Gasteiger partial charge is 0.322 e. The van der Waals surface area contributed by atoms with Gasteiger partial charge in [0.1, 0.15) is 0 Å². The van der Waals surface area contributed by atoms with Gasteiger partial charge in [0.2, 0.25) is 0 Å². The van der Waals surface area contributed by atoms with E-state index in [4.69, 9.17) is 58.0 Å². The molecule has 0 spiro atoms. The summed E-state index contributed by atoms with van der Waals surface area (Å²) in [6.45, 7) is 45.1. The number of pyridine rings is 4. The van der Waals surface area contributed by atoms with Crippen LogP contribution in [0.3, 0.4) is 0 Å². The molecular formula is C93H125Cl5N24O4. The summed E-state index contributed by atoms with van der Waals surface area (Å²) in [6.07, 6.45) is 6.15. The second kappa shape index (κ2) is 46.4. The summed E-state index contributed by atoms with van der Waals surface area (Å²) in [5.74, 6) is -1.14. The van der Waals surface area contributed by atoms with Crippen LogP contribution in [0, 0.1) is 48.5 Å². The first-order chi connectivity index (χ1) is 58.7. The van der Waals surface area contributed by atoms with Crippen LogP contribution in [-0.4, -0.2) is 268 Å². The number of amides is 4. The van der Waals surface area contributed by atoms with E-state index in [9.17, 15) is 19.2 Å². The summed E-state index contributed by atoms with van der Waals surface area (Å²) >= 11 is 32.5. The number of aryl methyl sites for hydroxylation is 7. The third-order valence-corrected chi connectivity index (χ3v) is 24.7. The van der Waals surface area contributed by atoms with Gasteiger partial charge in [-0.15, -0.1) is 0 Å². The van der Waals surface area contributed by atoms with Crippen LogP contribution < -0.4 is 26.6 Å². The van der Waals surface area contributed by atoms with Gasteiger partial charge in [-0.1, -0.05) is 148 Å². The number of piperazine rings is 4. The Morgan fingerprint density at radius 2 is 0.595 bits per heavy atom. The van der Waals surface area contributed by atoms with Gasteiger partial charge in [-0.2, -0.15) is 20.4 Å². The van der Waals surface area contributed by atoms with Gasteiger partial charge in [0.05, 0.1) is 113 Å². The average molecular weight is 1820 g/mol. The molecule has 12 heterocycles. The van der Waals surface area contributed by atoms with Crippen molar-refractivity contribution in [1.29, 1.82) is 0 Å².